The van der Waals surface area contributed by atoms with Crippen LogP contribution in [0.5, 0.6) is 0 Å². The van der Waals surface area contributed by atoms with E-state index in [-0.39, 0.29) is 17.1 Å². The molecule has 4 heteroatoms. The highest BCUT2D eigenvalue weighted by molar-refractivity contribution is 7.99. The third kappa shape index (κ3) is 7.73. The molecule has 0 saturated carbocycles. The number of hydrogen-bond donors (Lipinski definition) is 0. The van der Waals surface area contributed by atoms with Crippen LogP contribution < -0.4 is 0 Å². The van der Waals surface area contributed by atoms with E-state index in [2.05, 4.69) is 102 Å². The molecule has 0 fully saturated rings. The van der Waals surface area contributed by atoms with E-state index in [0.717, 1.165) is 11.3 Å². The first-order valence-corrected chi connectivity index (χ1v) is 14.6. The molecule has 2 aromatic rings. The van der Waals surface area contributed by atoms with Gasteiger partial charge >= 0.3 is 0 Å². The van der Waals surface area contributed by atoms with Crippen molar-refractivity contribution >= 4 is 20.1 Å². The molecule has 0 aromatic heterocycles. The van der Waals surface area contributed by atoms with E-state index in [0.29, 0.717) is 13.2 Å². The van der Waals surface area contributed by atoms with Crippen LogP contribution in [0.3, 0.4) is 0 Å². The highest BCUT2D eigenvalue weighted by Crippen LogP contribution is 2.37. The molecule has 2 nitrogen and oxygen atoms in total. The van der Waals surface area contributed by atoms with Gasteiger partial charge in [-0.15, -0.1) is 11.8 Å². The lowest BCUT2D eigenvalue weighted by molar-refractivity contribution is -0.0155. The fourth-order valence-corrected chi connectivity index (χ4v) is 5.07. The first-order valence-electron chi connectivity index (χ1n) is 10.7. The average molecular weight is 443 g/mol. The first kappa shape index (κ1) is 24.9. The number of benzene rings is 2. The molecule has 0 aliphatic rings. The lowest BCUT2D eigenvalue weighted by Crippen LogP contribution is -2.44. The van der Waals surface area contributed by atoms with Crippen LogP contribution in [0, 0.1) is 5.92 Å². The van der Waals surface area contributed by atoms with E-state index in [1.165, 1.54) is 10.5 Å². The minimum atomic E-state index is -1.86. The molecule has 0 spiro atoms. The number of hydrogen-bond acceptors (Lipinski definition) is 3. The van der Waals surface area contributed by atoms with Crippen molar-refractivity contribution < 1.29 is 9.16 Å². The smallest absolute Gasteiger partial charge is 0.192 e. The normalized spacial score (nSPS) is 14.3. The second kappa shape index (κ2) is 11.3. The van der Waals surface area contributed by atoms with E-state index < -0.39 is 8.32 Å². The van der Waals surface area contributed by atoms with Crippen LogP contribution in [-0.4, -0.2) is 26.8 Å². The zero-order chi connectivity index (χ0) is 22.2. The molecule has 0 bridgehead atoms. The van der Waals surface area contributed by atoms with E-state index in [1.54, 1.807) is 0 Å². The zero-order valence-corrected chi connectivity index (χ0v) is 21.3. The van der Waals surface area contributed by atoms with Gasteiger partial charge in [-0.05, 0) is 42.8 Å². The van der Waals surface area contributed by atoms with Gasteiger partial charge in [0.05, 0.1) is 19.3 Å². The van der Waals surface area contributed by atoms with Gasteiger partial charge in [-0.2, -0.15) is 0 Å². The number of ether oxygens (including phenoxy) is 1. The summed E-state index contributed by atoms with van der Waals surface area (Å²) >= 11 is 1.86. The molecule has 0 aliphatic heterocycles. The van der Waals surface area contributed by atoms with Crippen LogP contribution >= 0.6 is 11.8 Å². The van der Waals surface area contributed by atoms with Crippen molar-refractivity contribution in [2.45, 2.75) is 63.4 Å². The molecule has 0 aliphatic carbocycles. The number of rotatable bonds is 11. The summed E-state index contributed by atoms with van der Waals surface area (Å²) in [5.41, 5.74) is 2.33. The predicted octanol–water partition coefficient (Wildman–Crippen LogP) is 7.58. The van der Waals surface area contributed by atoms with E-state index in [1.807, 2.05) is 17.8 Å². The fraction of sp³-hybridized carbons (Fsp3) is 0.462. The number of thioether (sulfide) groups is 1. The monoisotopic (exact) mass is 442 g/mol. The van der Waals surface area contributed by atoms with Gasteiger partial charge in [0, 0.05) is 16.6 Å². The molecule has 0 N–H and O–H groups in total. The maximum Gasteiger partial charge on any atom is 0.192 e. The SMILES string of the molecule is C=C(C)[C@@H](CSc1ccccc1)[C@H](CO[Si](C)(C)C(C)(C)C)OCc1ccccc1. The molecule has 2 aromatic carbocycles. The summed E-state index contributed by atoms with van der Waals surface area (Å²) in [6.07, 6.45) is -0.0203. The lowest BCUT2D eigenvalue weighted by Gasteiger charge is -2.38. The summed E-state index contributed by atoms with van der Waals surface area (Å²) in [6.45, 7) is 19.0. The minimum Gasteiger partial charge on any atom is -0.414 e. The van der Waals surface area contributed by atoms with Crippen molar-refractivity contribution in [1.82, 2.24) is 0 Å². The molecule has 0 amide bonds. The maximum absolute atomic E-state index is 6.59. The Labute approximate surface area is 189 Å². The Morgan fingerprint density at radius 1 is 1.00 bits per heavy atom. The third-order valence-corrected chi connectivity index (χ3v) is 11.6. The minimum absolute atomic E-state index is 0.0203. The molecule has 2 atom stereocenters. The molecule has 0 radical (unpaired) electrons. The highest BCUT2D eigenvalue weighted by atomic mass is 32.2. The molecule has 164 valence electrons. The standard InChI is InChI=1S/C26H38O2SSi/c1-21(2)24(20-29-23-16-12-9-13-17-23)25(19-28-30(6,7)26(3,4)5)27-18-22-14-10-8-11-15-22/h8-17,24-25H,1,18-20H2,2-7H3/t24-,25+/m1/s1. The molecular weight excluding hydrogens is 404 g/mol. The van der Waals surface area contributed by atoms with Gasteiger partial charge in [0.25, 0.3) is 0 Å². The Morgan fingerprint density at radius 2 is 1.57 bits per heavy atom. The second-order valence-corrected chi connectivity index (χ2v) is 15.4. The van der Waals surface area contributed by atoms with Crippen LogP contribution in [-0.2, 0) is 15.8 Å². The molecule has 2 rings (SSSR count). The van der Waals surface area contributed by atoms with E-state index in [9.17, 15) is 0 Å². The Bertz CT molecular complexity index is 769. The Hall–Kier alpha value is -1.33. The van der Waals surface area contributed by atoms with E-state index >= 15 is 0 Å². The van der Waals surface area contributed by atoms with Crippen LogP contribution in [0.2, 0.25) is 18.1 Å². The van der Waals surface area contributed by atoms with Crippen molar-refractivity contribution in [3.63, 3.8) is 0 Å². The van der Waals surface area contributed by atoms with Crippen LogP contribution in [0.25, 0.3) is 0 Å². The highest BCUT2D eigenvalue weighted by Gasteiger charge is 2.38. The topological polar surface area (TPSA) is 18.5 Å². The van der Waals surface area contributed by atoms with Crippen LogP contribution in [0.15, 0.2) is 77.7 Å². The van der Waals surface area contributed by atoms with Gasteiger partial charge in [0.2, 0.25) is 0 Å². The van der Waals surface area contributed by atoms with Gasteiger partial charge in [-0.3, -0.25) is 0 Å². The second-order valence-electron chi connectivity index (χ2n) is 9.48. The summed E-state index contributed by atoms with van der Waals surface area (Å²) in [7, 11) is -1.86. The van der Waals surface area contributed by atoms with Crippen molar-refractivity contribution in [3.05, 3.63) is 78.4 Å². The third-order valence-electron chi connectivity index (χ3n) is 5.98. The quantitative estimate of drug-likeness (QED) is 0.203. The lowest BCUT2D eigenvalue weighted by atomic mass is 9.98. The van der Waals surface area contributed by atoms with Gasteiger partial charge < -0.3 is 9.16 Å². The first-order chi connectivity index (χ1) is 14.1. The van der Waals surface area contributed by atoms with Gasteiger partial charge in [-0.25, -0.2) is 0 Å². The largest absolute Gasteiger partial charge is 0.414 e. The van der Waals surface area contributed by atoms with Crippen LogP contribution in [0.1, 0.15) is 33.3 Å². The zero-order valence-electron chi connectivity index (χ0n) is 19.5. The van der Waals surface area contributed by atoms with E-state index in [4.69, 9.17) is 9.16 Å². The maximum atomic E-state index is 6.59. The summed E-state index contributed by atoms with van der Waals surface area (Å²) in [4.78, 5) is 1.27. The van der Waals surface area contributed by atoms with Gasteiger partial charge in [0.1, 0.15) is 0 Å². The van der Waals surface area contributed by atoms with Crippen molar-refractivity contribution in [2.75, 3.05) is 12.4 Å². The van der Waals surface area contributed by atoms with Crippen molar-refractivity contribution in [2.24, 2.45) is 5.92 Å². The molecule has 0 unspecified atom stereocenters. The van der Waals surface area contributed by atoms with Crippen molar-refractivity contribution in [3.8, 4) is 0 Å². The Morgan fingerprint density at radius 3 is 2.10 bits per heavy atom. The summed E-state index contributed by atoms with van der Waals surface area (Å²) in [6, 6.07) is 20.9. The Balaban J connectivity index is 2.13. The van der Waals surface area contributed by atoms with Gasteiger partial charge in [-0.1, -0.05) is 81.5 Å². The summed E-state index contributed by atoms with van der Waals surface area (Å²) in [5, 5.41) is 0.175. The molecule has 0 saturated heterocycles. The fourth-order valence-electron chi connectivity index (χ4n) is 2.83. The summed E-state index contributed by atoms with van der Waals surface area (Å²) < 4.78 is 13.1. The Kier molecular flexibility index (Phi) is 9.42. The van der Waals surface area contributed by atoms with Crippen molar-refractivity contribution in [1.29, 1.82) is 0 Å². The predicted molar refractivity (Wildman–Crippen MR) is 134 cm³/mol. The molecular formula is C26H38O2SSi. The molecule has 30 heavy (non-hydrogen) atoms. The van der Waals surface area contributed by atoms with Gasteiger partial charge in [0.15, 0.2) is 8.32 Å². The van der Waals surface area contributed by atoms with Crippen LogP contribution in [0.4, 0.5) is 0 Å². The average Bonchev–Trinajstić information content (AvgIpc) is 2.70. The molecule has 0 heterocycles. The summed E-state index contributed by atoms with van der Waals surface area (Å²) in [5.74, 6) is 1.16.